The minimum atomic E-state index is -0.109. The summed E-state index contributed by atoms with van der Waals surface area (Å²) < 4.78 is 0. The fourth-order valence-electron chi connectivity index (χ4n) is 3.69. The first kappa shape index (κ1) is 15.3. The van der Waals surface area contributed by atoms with E-state index in [1.165, 1.54) is 37.0 Å². The minimum Gasteiger partial charge on any atom is -0.358 e. The lowest BCUT2D eigenvalue weighted by Gasteiger charge is -2.38. The molecule has 1 heterocycles. The maximum Gasteiger partial charge on any atom is 0.277 e. The molecular weight excluding hydrogens is 254 g/mol. The second-order valence-corrected chi connectivity index (χ2v) is 6.40. The predicted molar refractivity (Wildman–Crippen MR) is 77.3 cm³/mol. The van der Waals surface area contributed by atoms with Crippen molar-refractivity contribution in [3.05, 3.63) is 0 Å². The number of piperidine rings is 1. The third-order valence-electron chi connectivity index (χ3n) is 4.97. The monoisotopic (exact) mass is 282 g/mol. The number of carbonyl (C=O) groups is 2. The molecule has 0 aromatic rings. The fraction of sp³-hybridized carbons (Fsp3) is 0.867. The Balaban J connectivity index is 1.78. The molecular formula is C15H28N3O2+. The van der Waals surface area contributed by atoms with Crippen LogP contribution >= 0.6 is 0 Å². The Morgan fingerprint density at radius 1 is 1.20 bits per heavy atom. The smallest absolute Gasteiger partial charge is 0.277 e. The van der Waals surface area contributed by atoms with Crippen molar-refractivity contribution < 1.29 is 14.5 Å². The van der Waals surface area contributed by atoms with E-state index in [0.717, 1.165) is 24.9 Å². The van der Waals surface area contributed by atoms with E-state index in [1.54, 1.807) is 19.0 Å². The lowest BCUT2D eigenvalue weighted by Crippen LogP contribution is -3.15. The van der Waals surface area contributed by atoms with Crippen LogP contribution in [0.4, 0.5) is 0 Å². The van der Waals surface area contributed by atoms with Crippen LogP contribution in [0.1, 0.15) is 32.1 Å². The third kappa shape index (κ3) is 3.95. The van der Waals surface area contributed by atoms with E-state index in [1.807, 2.05) is 0 Å². The highest BCUT2D eigenvalue weighted by molar-refractivity contribution is 5.84. The van der Waals surface area contributed by atoms with Crippen molar-refractivity contribution in [1.29, 1.82) is 0 Å². The molecule has 1 saturated heterocycles. The number of carbonyl (C=O) groups excluding carboxylic acids is 2. The molecule has 0 aromatic carbocycles. The molecule has 20 heavy (non-hydrogen) atoms. The Morgan fingerprint density at radius 2 is 1.90 bits per heavy atom. The predicted octanol–water partition coefficient (Wildman–Crippen LogP) is -0.714. The largest absolute Gasteiger partial charge is 0.358 e. The highest BCUT2D eigenvalue weighted by Crippen LogP contribution is 2.32. The zero-order valence-corrected chi connectivity index (χ0v) is 12.8. The summed E-state index contributed by atoms with van der Waals surface area (Å²) in [6.45, 7) is 2.95. The molecule has 2 rings (SSSR count). The molecule has 0 radical (unpaired) electrons. The summed E-state index contributed by atoms with van der Waals surface area (Å²) in [7, 11) is 3.31. The molecule has 2 aliphatic rings. The van der Waals surface area contributed by atoms with E-state index in [9.17, 15) is 9.59 Å². The summed E-state index contributed by atoms with van der Waals surface area (Å²) in [5, 5.41) is 2.55. The van der Waals surface area contributed by atoms with E-state index >= 15 is 0 Å². The Hall–Kier alpha value is -1.10. The first-order valence-electron chi connectivity index (χ1n) is 7.88. The number of rotatable bonds is 4. The van der Waals surface area contributed by atoms with Crippen molar-refractivity contribution in [3.63, 3.8) is 0 Å². The zero-order valence-electron chi connectivity index (χ0n) is 12.8. The minimum absolute atomic E-state index is 0.0814. The molecule has 0 bridgehead atoms. The average molecular weight is 282 g/mol. The van der Waals surface area contributed by atoms with Gasteiger partial charge in [-0.05, 0) is 25.2 Å². The normalized spacial score (nSPS) is 29.4. The van der Waals surface area contributed by atoms with Crippen molar-refractivity contribution in [2.45, 2.75) is 32.1 Å². The van der Waals surface area contributed by atoms with E-state index in [4.69, 9.17) is 0 Å². The molecule has 1 unspecified atom stereocenters. The standard InChI is InChI=1S/C15H27N3O2/c1-16-14(19)10-17(2)15(20)11-18-8-7-12-5-3-4-6-13(12)9-18/h12-13H,3-11H2,1-2H3,(H,16,19)/p+1/t12-,13-/m1/s1. The van der Waals surface area contributed by atoms with Gasteiger partial charge in [-0.1, -0.05) is 12.8 Å². The number of nitrogens with zero attached hydrogens (tertiary/aromatic N) is 1. The van der Waals surface area contributed by atoms with Crippen LogP contribution in [0, 0.1) is 11.8 Å². The molecule has 114 valence electrons. The second-order valence-electron chi connectivity index (χ2n) is 6.40. The van der Waals surface area contributed by atoms with Crippen molar-refractivity contribution in [2.24, 2.45) is 11.8 Å². The van der Waals surface area contributed by atoms with Gasteiger partial charge in [0, 0.05) is 20.0 Å². The Morgan fingerprint density at radius 3 is 2.60 bits per heavy atom. The highest BCUT2D eigenvalue weighted by atomic mass is 16.2. The van der Waals surface area contributed by atoms with Crippen molar-refractivity contribution in [2.75, 3.05) is 40.3 Å². The first-order valence-corrected chi connectivity index (χ1v) is 7.88. The van der Waals surface area contributed by atoms with Crippen molar-refractivity contribution in [3.8, 4) is 0 Å². The Kier molecular flexibility index (Phi) is 5.40. The molecule has 1 saturated carbocycles. The number of likely N-dealkylation sites (N-methyl/N-ethyl adjacent to an activating group) is 2. The van der Waals surface area contributed by atoms with Gasteiger partial charge < -0.3 is 15.1 Å². The summed E-state index contributed by atoms with van der Waals surface area (Å²) >= 11 is 0. The molecule has 1 aliphatic carbocycles. The molecule has 0 aromatic heterocycles. The van der Waals surface area contributed by atoms with Crippen molar-refractivity contribution >= 4 is 11.8 Å². The molecule has 5 nitrogen and oxygen atoms in total. The van der Waals surface area contributed by atoms with Crippen molar-refractivity contribution in [1.82, 2.24) is 10.2 Å². The quantitative estimate of drug-likeness (QED) is 0.715. The van der Waals surface area contributed by atoms with Crippen LogP contribution in [-0.4, -0.2) is 57.0 Å². The highest BCUT2D eigenvalue weighted by Gasteiger charge is 2.34. The lowest BCUT2D eigenvalue weighted by atomic mass is 9.75. The number of amides is 2. The Labute approximate surface area is 121 Å². The summed E-state index contributed by atoms with van der Waals surface area (Å²) in [6.07, 6.45) is 6.76. The molecule has 0 spiro atoms. The number of fused-ring (bicyclic) bond motifs is 1. The summed E-state index contributed by atoms with van der Waals surface area (Å²) in [5.74, 6) is 1.70. The number of nitrogens with one attached hydrogen (secondary N) is 2. The SMILES string of the molecule is CNC(=O)CN(C)C(=O)C[NH+]1CC[C@H]2CCCC[C@@H]2C1. The van der Waals surface area contributed by atoms with Crippen LogP contribution in [0.25, 0.3) is 0 Å². The van der Waals surface area contributed by atoms with Gasteiger partial charge in [0.25, 0.3) is 5.91 Å². The van der Waals surface area contributed by atoms with Gasteiger partial charge in [0.1, 0.15) is 0 Å². The third-order valence-corrected chi connectivity index (χ3v) is 4.97. The van der Waals surface area contributed by atoms with Crippen LogP contribution in [0.15, 0.2) is 0 Å². The van der Waals surface area contributed by atoms with Crippen LogP contribution < -0.4 is 10.2 Å². The average Bonchev–Trinajstić information content (AvgIpc) is 2.46. The van der Waals surface area contributed by atoms with Gasteiger partial charge >= 0.3 is 0 Å². The van der Waals surface area contributed by atoms with Crippen LogP contribution in [0.3, 0.4) is 0 Å². The molecule has 5 heteroatoms. The topological polar surface area (TPSA) is 53.9 Å². The number of likely N-dealkylation sites (tertiary alicyclic amines) is 1. The van der Waals surface area contributed by atoms with Gasteiger partial charge in [0.2, 0.25) is 5.91 Å². The molecule has 2 fully saturated rings. The molecule has 2 amide bonds. The number of hydrogen-bond acceptors (Lipinski definition) is 2. The summed E-state index contributed by atoms with van der Waals surface area (Å²) in [5.41, 5.74) is 0. The van der Waals surface area contributed by atoms with Crippen LogP contribution in [0.5, 0.6) is 0 Å². The lowest BCUT2D eigenvalue weighted by molar-refractivity contribution is -0.903. The maximum absolute atomic E-state index is 12.1. The van der Waals surface area contributed by atoms with Gasteiger partial charge in [-0.25, -0.2) is 0 Å². The van der Waals surface area contributed by atoms with Crippen LogP contribution in [0.2, 0.25) is 0 Å². The van der Waals surface area contributed by atoms with E-state index < -0.39 is 0 Å². The summed E-state index contributed by atoms with van der Waals surface area (Å²) in [6, 6.07) is 0. The Bertz CT molecular complexity index is 359. The van der Waals surface area contributed by atoms with Gasteiger partial charge in [0.15, 0.2) is 6.54 Å². The van der Waals surface area contributed by atoms with Gasteiger partial charge in [0.05, 0.1) is 19.6 Å². The van der Waals surface area contributed by atoms with Gasteiger partial charge in [-0.2, -0.15) is 0 Å². The van der Waals surface area contributed by atoms with Gasteiger partial charge in [-0.3, -0.25) is 9.59 Å². The van der Waals surface area contributed by atoms with Crippen LogP contribution in [-0.2, 0) is 9.59 Å². The number of hydrogen-bond donors (Lipinski definition) is 2. The molecule has 3 atom stereocenters. The van der Waals surface area contributed by atoms with E-state index in [0.29, 0.717) is 6.54 Å². The summed E-state index contributed by atoms with van der Waals surface area (Å²) in [4.78, 5) is 26.4. The fourth-order valence-corrected chi connectivity index (χ4v) is 3.69. The first-order chi connectivity index (χ1) is 9.60. The number of quaternary nitrogens is 1. The van der Waals surface area contributed by atoms with Gasteiger partial charge in [-0.15, -0.1) is 0 Å². The van der Waals surface area contributed by atoms with E-state index in [2.05, 4.69) is 5.32 Å². The van der Waals surface area contributed by atoms with E-state index in [-0.39, 0.29) is 18.4 Å². The molecule has 2 N–H and O–H groups in total. The zero-order chi connectivity index (χ0) is 14.5. The maximum atomic E-state index is 12.1. The molecule has 1 aliphatic heterocycles. The second kappa shape index (κ2) is 7.07.